The van der Waals surface area contributed by atoms with E-state index in [2.05, 4.69) is 62.3 Å². The van der Waals surface area contributed by atoms with Crippen molar-refractivity contribution >= 4 is 31.9 Å². The molecule has 0 bridgehead atoms. The van der Waals surface area contributed by atoms with Crippen LogP contribution >= 0.6 is 31.9 Å². The van der Waals surface area contributed by atoms with Gasteiger partial charge in [-0.3, -0.25) is 0 Å². The average Bonchev–Trinajstić information content (AvgIpc) is 2.46. The predicted octanol–water partition coefficient (Wildman–Crippen LogP) is 5.29. The Balaban J connectivity index is 2.26. The van der Waals surface area contributed by atoms with E-state index in [1.165, 1.54) is 17.7 Å². The summed E-state index contributed by atoms with van der Waals surface area (Å²) in [5.74, 6) is 0.122. The van der Waals surface area contributed by atoms with Crippen molar-refractivity contribution in [3.05, 3.63) is 68.4 Å². The summed E-state index contributed by atoms with van der Waals surface area (Å²) in [4.78, 5) is 0. The molecule has 2 rings (SSSR count). The molecule has 0 saturated carbocycles. The third-order valence-corrected chi connectivity index (χ3v) is 4.93. The molecule has 2 aromatic rings. The van der Waals surface area contributed by atoms with Crippen molar-refractivity contribution in [2.24, 2.45) is 0 Å². The van der Waals surface area contributed by atoms with Gasteiger partial charge in [0.2, 0.25) is 0 Å². The number of hydrogen-bond acceptors (Lipinski definition) is 1. The lowest BCUT2D eigenvalue weighted by Gasteiger charge is -2.20. The van der Waals surface area contributed by atoms with Crippen LogP contribution in [-0.2, 0) is 6.42 Å². The van der Waals surface area contributed by atoms with Crippen LogP contribution in [0.5, 0.6) is 0 Å². The highest BCUT2D eigenvalue weighted by molar-refractivity contribution is 9.10. The highest BCUT2D eigenvalue weighted by atomic mass is 79.9. The van der Waals surface area contributed by atoms with Gasteiger partial charge in [0, 0.05) is 21.4 Å². The van der Waals surface area contributed by atoms with Crippen LogP contribution in [0, 0.1) is 5.82 Å². The zero-order valence-electron chi connectivity index (χ0n) is 11.9. The Kier molecular flexibility index (Phi) is 6.40. The van der Waals surface area contributed by atoms with E-state index in [4.69, 9.17) is 0 Å². The third-order valence-electron chi connectivity index (χ3n) is 3.47. The Morgan fingerprint density at radius 2 is 1.86 bits per heavy atom. The van der Waals surface area contributed by atoms with Crippen LogP contribution in [0.1, 0.15) is 24.0 Å². The van der Waals surface area contributed by atoms with Crippen LogP contribution in [0.25, 0.3) is 0 Å². The first-order chi connectivity index (χ1) is 10.1. The third kappa shape index (κ3) is 4.63. The zero-order chi connectivity index (χ0) is 15.2. The molecular formula is C17H18Br2FN. The molecule has 0 amide bonds. The average molecular weight is 415 g/mol. The number of hydrogen-bond donors (Lipinski definition) is 1. The van der Waals surface area contributed by atoms with Crippen molar-refractivity contribution in [3.63, 3.8) is 0 Å². The summed E-state index contributed by atoms with van der Waals surface area (Å²) in [6.07, 6.45) is 0.858. The van der Waals surface area contributed by atoms with Crippen LogP contribution in [-0.4, -0.2) is 13.1 Å². The summed E-state index contributed by atoms with van der Waals surface area (Å²) in [7, 11) is 0. The van der Waals surface area contributed by atoms with Gasteiger partial charge in [-0.25, -0.2) is 4.39 Å². The predicted molar refractivity (Wildman–Crippen MR) is 93.2 cm³/mol. The molecule has 0 saturated heterocycles. The molecule has 0 spiro atoms. The van der Waals surface area contributed by atoms with E-state index in [1.807, 2.05) is 12.1 Å². The monoisotopic (exact) mass is 413 g/mol. The molecule has 112 valence electrons. The molecule has 0 aliphatic carbocycles. The summed E-state index contributed by atoms with van der Waals surface area (Å²) in [6, 6.07) is 13.2. The number of halogens is 3. The van der Waals surface area contributed by atoms with E-state index >= 15 is 0 Å². The van der Waals surface area contributed by atoms with E-state index in [1.54, 1.807) is 0 Å². The Morgan fingerprint density at radius 3 is 2.52 bits per heavy atom. The van der Waals surface area contributed by atoms with Gasteiger partial charge >= 0.3 is 0 Å². The van der Waals surface area contributed by atoms with Crippen molar-refractivity contribution in [2.75, 3.05) is 13.1 Å². The Hall–Kier alpha value is -0.710. The first kappa shape index (κ1) is 16.7. The van der Waals surface area contributed by atoms with E-state index in [-0.39, 0.29) is 5.82 Å². The maximum absolute atomic E-state index is 13.2. The van der Waals surface area contributed by atoms with Gasteiger partial charge < -0.3 is 5.32 Å². The number of rotatable bonds is 6. The van der Waals surface area contributed by atoms with Crippen LogP contribution in [0.4, 0.5) is 4.39 Å². The maximum atomic E-state index is 13.2. The van der Waals surface area contributed by atoms with Gasteiger partial charge in [0.15, 0.2) is 0 Å². The van der Waals surface area contributed by atoms with E-state index in [0.717, 1.165) is 34.0 Å². The first-order valence-electron chi connectivity index (χ1n) is 7.01. The fourth-order valence-corrected chi connectivity index (χ4v) is 3.49. The Labute approximate surface area is 142 Å². The lowest BCUT2D eigenvalue weighted by molar-refractivity contribution is 0.589. The molecule has 0 aliphatic rings. The summed E-state index contributed by atoms with van der Waals surface area (Å²) in [5, 5.41) is 3.41. The van der Waals surface area contributed by atoms with E-state index < -0.39 is 0 Å². The SMILES string of the molecule is CCNCC(Cc1ccc(F)cc1Br)c1ccccc1Br. The minimum Gasteiger partial charge on any atom is -0.316 e. The van der Waals surface area contributed by atoms with Gasteiger partial charge in [0.25, 0.3) is 0 Å². The Bertz CT molecular complexity index is 601. The molecule has 21 heavy (non-hydrogen) atoms. The molecule has 0 fully saturated rings. The fourth-order valence-electron chi connectivity index (χ4n) is 2.37. The van der Waals surface area contributed by atoms with Crippen molar-refractivity contribution in [1.82, 2.24) is 5.32 Å². The second-order valence-corrected chi connectivity index (χ2v) is 6.67. The van der Waals surface area contributed by atoms with Gasteiger partial charge in [-0.15, -0.1) is 0 Å². The van der Waals surface area contributed by atoms with Gasteiger partial charge in [-0.2, -0.15) is 0 Å². The zero-order valence-corrected chi connectivity index (χ0v) is 15.0. The van der Waals surface area contributed by atoms with Crippen molar-refractivity contribution in [1.29, 1.82) is 0 Å². The number of likely N-dealkylation sites (N-methyl/N-ethyl adjacent to an activating group) is 1. The lowest BCUT2D eigenvalue weighted by atomic mass is 9.92. The quantitative estimate of drug-likeness (QED) is 0.677. The summed E-state index contributed by atoms with van der Waals surface area (Å²) in [6.45, 7) is 3.93. The summed E-state index contributed by atoms with van der Waals surface area (Å²) in [5.41, 5.74) is 2.39. The van der Waals surface area contributed by atoms with Crippen LogP contribution in [0.15, 0.2) is 51.4 Å². The number of nitrogens with one attached hydrogen (secondary N) is 1. The molecule has 0 heterocycles. The second-order valence-electron chi connectivity index (χ2n) is 4.97. The first-order valence-corrected chi connectivity index (χ1v) is 8.59. The lowest BCUT2D eigenvalue weighted by Crippen LogP contribution is -2.23. The molecular weight excluding hydrogens is 397 g/mol. The molecule has 4 heteroatoms. The summed E-state index contributed by atoms with van der Waals surface area (Å²) < 4.78 is 15.2. The van der Waals surface area contributed by atoms with Gasteiger partial charge in [-0.1, -0.05) is 63.0 Å². The molecule has 2 aromatic carbocycles. The highest BCUT2D eigenvalue weighted by Gasteiger charge is 2.16. The minimum atomic E-state index is -0.213. The normalized spacial score (nSPS) is 12.4. The standard InChI is InChI=1S/C17H18Br2FN/c1-2-21-11-13(15-5-3-4-6-16(15)18)9-12-7-8-14(20)10-17(12)19/h3-8,10,13,21H,2,9,11H2,1H3. The summed E-state index contributed by atoms with van der Waals surface area (Å²) >= 11 is 7.10. The van der Waals surface area contributed by atoms with Gasteiger partial charge in [0.1, 0.15) is 5.82 Å². The smallest absolute Gasteiger partial charge is 0.124 e. The topological polar surface area (TPSA) is 12.0 Å². The molecule has 0 aromatic heterocycles. The number of benzene rings is 2. The molecule has 1 unspecified atom stereocenters. The van der Waals surface area contributed by atoms with Crippen molar-refractivity contribution < 1.29 is 4.39 Å². The van der Waals surface area contributed by atoms with Gasteiger partial charge in [0.05, 0.1) is 0 Å². The molecule has 0 radical (unpaired) electrons. The molecule has 1 atom stereocenters. The molecule has 0 aliphatic heterocycles. The van der Waals surface area contributed by atoms with Crippen LogP contribution in [0.2, 0.25) is 0 Å². The second kappa shape index (κ2) is 8.06. The molecule has 1 nitrogen and oxygen atoms in total. The molecule has 1 N–H and O–H groups in total. The van der Waals surface area contributed by atoms with E-state index in [0.29, 0.717) is 5.92 Å². The van der Waals surface area contributed by atoms with Crippen LogP contribution < -0.4 is 5.32 Å². The minimum absolute atomic E-state index is 0.213. The maximum Gasteiger partial charge on any atom is 0.124 e. The fraction of sp³-hybridized carbons (Fsp3) is 0.294. The van der Waals surface area contributed by atoms with Crippen molar-refractivity contribution in [3.8, 4) is 0 Å². The highest BCUT2D eigenvalue weighted by Crippen LogP contribution is 2.30. The Morgan fingerprint density at radius 1 is 1.10 bits per heavy atom. The largest absolute Gasteiger partial charge is 0.316 e. The van der Waals surface area contributed by atoms with Crippen LogP contribution in [0.3, 0.4) is 0 Å². The van der Waals surface area contributed by atoms with Gasteiger partial charge in [-0.05, 0) is 42.3 Å². The van der Waals surface area contributed by atoms with E-state index in [9.17, 15) is 4.39 Å². The van der Waals surface area contributed by atoms with Crippen molar-refractivity contribution in [2.45, 2.75) is 19.3 Å².